The summed E-state index contributed by atoms with van der Waals surface area (Å²) in [6.07, 6.45) is 3.46. The molecule has 0 bridgehead atoms. The minimum absolute atomic E-state index is 0.724. The third-order valence-electron chi connectivity index (χ3n) is 5.47. The van der Waals surface area contributed by atoms with Gasteiger partial charge in [0.05, 0.1) is 14.2 Å². The number of ether oxygens (including phenoxy) is 2. The average Bonchev–Trinajstić information content (AvgIpc) is 2.77. The first-order chi connectivity index (χ1) is 13.7. The van der Waals surface area contributed by atoms with Crippen LogP contribution in [0.3, 0.4) is 0 Å². The van der Waals surface area contributed by atoms with Gasteiger partial charge in [-0.3, -0.25) is 4.79 Å². The first-order valence-electron chi connectivity index (χ1n) is 9.47. The number of fused-ring (bicyclic) bond motifs is 1. The molecule has 2 aromatic rings. The summed E-state index contributed by atoms with van der Waals surface area (Å²) in [7, 11) is 3.32. The molecule has 1 amide bonds. The third-order valence-corrected chi connectivity index (χ3v) is 5.47. The van der Waals surface area contributed by atoms with Crippen molar-refractivity contribution in [3.63, 3.8) is 0 Å². The second kappa shape index (κ2) is 7.92. The van der Waals surface area contributed by atoms with Crippen molar-refractivity contribution in [2.75, 3.05) is 56.7 Å². The van der Waals surface area contributed by atoms with Gasteiger partial charge in [-0.2, -0.15) is 0 Å². The highest BCUT2D eigenvalue weighted by atomic mass is 16.5. The van der Waals surface area contributed by atoms with Crippen molar-refractivity contribution < 1.29 is 14.3 Å². The van der Waals surface area contributed by atoms with Crippen molar-refractivity contribution in [1.82, 2.24) is 14.9 Å². The Bertz CT molecular complexity index is 852. The lowest BCUT2D eigenvalue weighted by atomic mass is 9.99. The highest BCUT2D eigenvalue weighted by Crippen LogP contribution is 2.34. The minimum Gasteiger partial charge on any atom is -0.493 e. The first kappa shape index (κ1) is 18.3. The molecular weight excluding hydrogens is 358 g/mol. The highest BCUT2D eigenvalue weighted by Gasteiger charge is 2.22. The molecular formula is C20H25N5O3. The zero-order chi connectivity index (χ0) is 19.5. The zero-order valence-corrected chi connectivity index (χ0v) is 16.3. The quantitative estimate of drug-likeness (QED) is 0.722. The molecule has 3 heterocycles. The Balaban J connectivity index is 1.52. The summed E-state index contributed by atoms with van der Waals surface area (Å²) in [6, 6.07) is 6.17. The summed E-state index contributed by atoms with van der Waals surface area (Å²) < 4.78 is 10.9. The van der Waals surface area contributed by atoms with Gasteiger partial charge in [-0.1, -0.05) is 0 Å². The lowest BCUT2D eigenvalue weighted by molar-refractivity contribution is -0.118. The molecule has 1 saturated heterocycles. The largest absolute Gasteiger partial charge is 0.493 e. The maximum absolute atomic E-state index is 10.9. The SMILES string of the molecule is COc1cc2c(cc1OC)CN(c1cc(N3CCN(C=O)CC3)ncn1)CC2. The molecule has 8 heteroatoms. The first-order valence-corrected chi connectivity index (χ1v) is 9.47. The van der Waals surface area contributed by atoms with Gasteiger partial charge in [0, 0.05) is 45.3 Å². The summed E-state index contributed by atoms with van der Waals surface area (Å²) in [5.74, 6) is 3.35. The van der Waals surface area contributed by atoms with Crippen molar-refractivity contribution in [3.8, 4) is 11.5 Å². The molecule has 0 N–H and O–H groups in total. The number of amides is 1. The van der Waals surface area contributed by atoms with E-state index in [1.54, 1.807) is 25.4 Å². The lowest BCUT2D eigenvalue weighted by Crippen LogP contribution is -2.46. The van der Waals surface area contributed by atoms with E-state index in [4.69, 9.17) is 9.47 Å². The van der Waals surface area contributed by atoms with Crippen molar-refractivity contribution in [2.24, 2.45) is 0 Å². The Morgan fingerprint density at radius 3 is 2.14 bits per heavy atom. The van der Waals surface area contributed by atoms with Crippen LogP contribution in [0.1, 0.15) is 11.1 Å². The van der Waals surface area contributed by atoms with Crippen LogP contribution in [-0.4, -0.2) is 68.2 Å². The van der Waals surface area contributed by atoms with Gasteiger partial charge >= 0.3 is 0 Å². The van der Waals surface area contributed by atoms with Crippen LogP contribution in [0.15, 0.2) is 24.5 Å². The molecule has 4 rings (SSSR count). The monoisotopic (exact) mass is 383 g/mol. The average molecular weight is 383 g/mol. The Morgan fingerprint density at radius 1 is 0.857 bits per heavy atom. The van der Waals surface area contributed by atoms with Gasteiger partial charge in [-0.25, -0.2) is 9.97 Å². The smallest absolute Gasteiger partial charge is 0.209 e. The Morgan fingerprint density at radius 2 is 1.50 bits per heavy atom. The Labute approximate surface area is 164 Å². The predicted octanol–water partition coefficient (Wildman–Crippen LogP) is 1.33. The number of aromatic nitrogens is 2. The molecule has 0 aliphatic carbocycles. The number of rotatable bonds is 5. The molecule has 8 nitrogen and oxygen atoms in total. The summed E-state index contributed by atoms with van der Waals surface area (Å²) in [6.45, 7) is 4.68. The van der Waals surface area contributed by atoms with Gasteiger partial charge in [0.25, 0.3) is 0 Å². The maximum atomic E-state index is 10.9. The predicted molar refractivity (Wildman–Crippen MR) is 106 cm³/mol. The second-order valence-corrected chi connectivity index (χ2v) is 7.01. The maximum Gasteiger partial charge on any atom is 0.209 e. The molecule has 1 aromatic heterocycles. The van der Waals surface area contributed by atoms with Gasteiger partial charge < -0.3 is 24.2 Å². The number of benzene rings is 1. The van der Waals surface area contributed by atoms with E-state index in [0.29, 0.717) is 0 Å². The topological polar surface area (TPSA) is 71.0 Å². The van der Waals surface area contributed by atoms with Gasteiger partial charge in [-0.15, -0.1) is 0 Å². The highest BCUT2D eigenvalue weighted by molar-refractivity contribution is 5.55. The molecule has 2 aliphatic heterocycles. The normalized spacial score (nSPS) is 16.6. The van der Waals surface area contributed by atoms with E-state index in [-0.39, 0.29) is 0 Å². The molecule has 0 spiro atoms. The fraction of sp³-hybridized carbons (Fsp3) is 0.450. The van der Waals surface area contributed by atoms with E-state index < -0.39 is 0 Å². The molecule has 0 unspecified atom stereocenters. The number of carbonyl (C=O) groups is 1. The molecule has 1 aromatic carbocycles. The summed E-state index contributed by atoms with van der Waals surface area (Å²) in [5.41, 5.74) is 2.51. The van der Waals surface area contributed by atoms with Crippen LogP contribution in [-0.2, 0) is 17.8 Å². The number of hydrogen-bond donors (Lipinski definition) is 0. The molecule has 1 fully saturated rings. The number of nitrogens with zero attached hydrogens (tertiary/aromatic N) is 5. The van der Waals surface area contributed by atoms with Crippen LogP contribution in [0.2, 0.25) is 0 Å². The zero-order valence-electron chi connectivity index (χ0n) is 16.3. The number of methoxy groups -OCH3 is 2. The fourth-order valence-electron chi connectivity index (χ4n) is 3.82. The van der Waals surface area contributed by atoms with E-state index in [9.17, 15) is 4.79 Å². The Kier molecular flexibility index (Phi) is 5.18. The van der Waals surface area contributed by atoms with E-state index >= 15 is 0 Å². The van der Waals surface area contributed by atoms with E-state index in [0.717, 1.165) is 75.2 Å². The summed E-state index contributed by atoms with van der Waals surface area (Å²) in [4.78, 5) is 26.1. The molecule has 28 heavy (non-hydrogen) atoms. The van der Waals surface area contributed by atoms with Crippen LogP contribution in [0.25, 0.3) is 0 Å². The molecule has 0 saturated carbocycles. The molecule has 148 valence electrons. The van der Waals surface area contributed by atoms with Gasteiger partial charge in [-0.05, 0) is 29.7 Å². The number of carbonyl (C=O) groups excluding carboxylic acids is 1. The van der Waals surface area contributed by atoms with Gasteiger partial charge in [0.15, 0.2) is 11.5 Å². The summed E-state index contributed by atoms with van der Waals surface area (Å²) >= 11 is 0. The number of hydrogen-bond acceptors (Lipinski definition) is 7. The van der Waals surface area contributed by atoms with Crippen LogP contribution < -0.4 is 19.3 Å². The van der Waals surface area contributed by atoms with Crippen molar-refractivity contribution in [1.29, 1.82) is 0 Å². The van der Waals surface area contributed by atoms with E-state index in [1.165, 1.54) is 11.1 Å². The number of piperazine rings is 1. The molecule has 2 aliphatic rings. The minimum atomic E-state index is 0.724. The van der Waals surface area contributed by atoms with Crippen LogP contribution in [0.5, 0.6) is 11.5 Å². The van der Waals surface area contributed by atoms with E-state index in [1.807, 2.05) is 6.07 Å². The van der Waals surface area contributed by atoms with Crippen LogP contribution in [0, 0.1) is 0 Å². The molecule has 0 radical (unpaired) electrons. The second-order valence-electron chi connectivity index (χ2n) is 7.01. The summed E-state index contributed by atoms with van der Waals surface area (Å²) in [5, 5.41) is 0. The van der Waals surface area contributed by atoms with Gasteiger partial charge in [0.2, 0.25) is 6.41 Å². The third kappa shape index (κ3) is 3.54. The molecule has 0 atom stereocenters. The standard InChI is InChI=1S/C20H25N5O3/c1-27-17-9-15-3-4-25(12-16(15)10-18(17)28-2)20-11-19(21-13-22-20)24-7-5-23(14-26)6-8-24/h9-11,13-14H,3-8,12H2,1-2H3. The van der Waals surface area contributed by atoms with Crippen LogP contribution in [0.4, 0.5) is 11.6 Å². The van der Waals surface area contributed by atoms with Crippen molar-refractivity contribution in [3.05, 3.63) is 35.7 Å². The lowest BCUT2D eigenvalue weighted by Gasteiger charge is -2.34. The van der Waals surface area contributed by atoms with E-state index in [2.05, 4.69) is 31.9 Å². The van der Waals surface area contributed by atoms with Crippen molar-refractivity contribution in [2.45, 2.75) is 13.0 Å². The van der Waals surface area contributed by atoms with Gasteiger partial charge in [0.1, 0.15) is 18.0 Å². The Hall–Kier alpha value is -3.03. The van der Waals surface area contributed by atoms with Crippen LogP contribution >= 0.6 is 0 Å². The van der Waals surface area contributed by atoms with Crippen molar-refractivity contribution >= 4 is 18.0 Å². The fourth-order valence-corrected chi connectivity index (χ4v) is 3.82. The number of anilines is 2.